The van der Waals surface area contributed by atoms with Gasteiger partial charge < -0.3 is 13.9 Å². The van der Waals surface area contributed by atoms with Crippen LogP contribution in [0.4, 0.5) is 0 Å². The van der Waals surface area contributed by atoms with E-state index in [0.29, 0.717) is 35.6 Å². The van der Waals surface area contributed by atoms with Gasteiger partial charge in [0.15, 0.2) is 11.7 Å². The van der Waals surface area contributed by atoms with Gasteiger partial charge in [-0.25, -0.2) is 4.98 Å². The van der Waals surface area contributed by atoms with Crippen molar-refractivity contribution in [1.82, 2.24) is 14.5 Å². The number of aryl methyl sites for hydroxylation is 1. The van der Waals surface area contributed by atoms with Gasteiger partial charge in [0.05, 0.1) is 11.2 Å². The third-order valence-electron chi connectivity index (χ3n) is 5.11. The van der Waals surface area contributed by atoms with Crippen LogP contribution in [0.5, 0.6) is 0 Å². The van der Waals surface area contributed by atoms with Crippen LogP contribution < -0.4 is 0 Å². The van der Waals surface area contributed by atoms with Crippen LogP contribution in [-0.2, 0) is 11.2 Å². The van der Waals surface area contributed by atoms with Gasteiger partial charge in [0, 0.05) is 49.9 Å². The molecule has 1 saturated heterocycles. The van der Waals surface area contributed by atoms with Crippen molar-refractivity contribution in [1.29, 1.82) is 0 Å². The van der Waals surface area contributed by atoms with Crippen LogP contribution in [0.25, 0.3) is 11.3 Å². The predicted octanol–water partition coefficient (Wildman–Crippen LogP) is 4.59. The number of carbonyl (C=O) groups is 1. The summed E-state index contributed by atoms with van der Waals surface area (Å²) in [5, 5.41) is 0.627. The summed E-state index contributed by atoms with van der Waals surface area (Å²) in [6, 6.07) is 12.1. The van der Waals surface area contributed by atoms with Gasteiger partial charge in [-0.15, -0.1) is 0 Å². The highest BCUT2D eigenvalue weighted by atomic mass is 35.5. The molecule has 0 aliphatic carbocycles. The maximum atomic E-state index is 12.5. The van der Waals surface area contributed by atoms with E-state index in [0.717, 1.165) is 31.5 Å². The summed E-state index contributed by atoms with van der Waals surface area (Å²) in [5.41, 5.74) is 0.816. The van der Waals surface area contributed by atoms with Crippen LogP contribution in [-0.4, -0.2) is 33.4 Å². The Labute approximate surface area is 163 Å². The lowest BCUT2D eigenvalue weighted by Gasteiger charge is -2.32. The molecule has 1 amide bonds. The topological polar surface area (TPSA) is 51.3 Å². The molecule has 140 valence electrons. The van der Waals surface area contributed by atoms with E-state index < -0.39 is 0 Å². The zero-order chi connectivity index (χ0) is 18.6. The van der Waals surface area contributed by atoms with Gasteiger partial charge >= 0.3 is 0 Å². The van der Waals surface area contributed by atoms with Gasteiger partial charge in [-0.1, -0.05) is 23.7 Å². The van der Waals surface area contributed by atoms with Crippen LogP contribution in [0.1, 0.15) is 31.2 Å². The average molecular weight is 384 g/mol. The molecular formula is C21H22ClN3O2. The Bertz CT molecular complexity index is 896. The molecule has 5 nitrogen and oxygen atoms in total. The quantitative estimate of drug-likeness (QED) is 0.647. The molecule has 0 saturated carbocycles. The molecular weight excluding hydrogens is 362 g/mol. The molecule has 4 rings (SSSR count). The normalized spacial score (nSPS) is 15.2. The summed E-state index contributed by atoms with van der Waals surface area (Å²) in [7, 11) is 0. The zero-order valence-electron chi connectivity index (χ0n) is 15.1. The van der Waals surface area contributed by atoms with Gasteiger partial charge in [-0.05, 0) is 37.1 Å². The molecule has 0 unspecified atom stereocenters. The van der Waals surface area contributed by atoms with Crippen molar-refractivity contribution in [3.8, 4) is 11.3 Å². The number of nitrogens with zero attached hydrogens (tertiary/aromatic N) is 3. The number of oxazole rings is 1. The minimum Gasteiger partial charge on any atom is -0.441 e. The number of hydrogen-bond acceptors (Lipinski definition) is 3. The summed E-state index contributed by atoms with van der Waals surface area (Å²) >= 11 is 6.20. The highest BCUT2D eigenvalue weighted by Crippen LogP contribution is 2.28. The molecule has 1 aromatic carbocycles. The first-order chi connectivity index (χ1) is 13.2. The number of halogens is 1. The largest absolute Gasteiger partial charge is 0.441 e. The molecule has 3 heterocycles. The highest BCUT2D eigenvalue weighted by Gasteiger charge is 2.23. The molecule has 0 atom stereocenters. The Kier molecular flexibility index (Phi) is 5.30. The van der Waals surface area contributed by atoms with Crippen molar-refractivity contribution >= 4 is 17.5 Å². The molecule has 1 aliphatic rings. The molecule has 0 N–H and O–H groups in total. The molecule has 1 aliphatic heterocycles. The first-order valence-electron chi connectivity index (χ1n) is 9.30. The maximum absolute atomic E-state index is 12.5. The number of benzene rings is 1. The Morgan fingerprint density at radius 3 is 2.63 bits per heavy atom. The number of aromatic nitrogens is 2. The van der Waals surface area contributed by atoms with Crippen LogP contribution in [0, 0.1) is 0 Å². The second-order valence-electron chi connectivity index (χ2n) is 6.84. The van der Waals surface area contributed by atoms with Crippen molar-refractivity contribution in [3.63, 3.8) is 0 Å². The van der Waals surface area contributed by atoms with E-state index in [-0.39, 0.29) is 5.91 Å². The minimum absolute atomic E-state index is 0.165. The number of hydrogen-bond donors (Lipinski definition) is 0. The minimum atomic E-state index is 0.165. The number of amides is 1. The fourth-order valence-electron chi connectivity index (χ4n) is 3.59. The molecule has 1 fully saturated rings. The molecule has 27 heavy (non-hydrogen) atoms. The van der Waals surface area contributed by atoms with Crippen molar-refractivity contribution in [2.24, 2.45) is 0 Å². The van der Waals surface area contributed by atoms with Crippen molar-refractivity contribution < 1.29 is 9.21 Å². The van der Waals surface area contributed by atoms with E-state index in [4.69, 9.17) is 16.0 Å². The second kappa shape index (κ2) is 8.01. The highest BCUT2D eigenvalue weighted by molar-refractivity contribution is 6.33. The van der Waals surface area contributed by atoms with Crippen molar-refractivity contribution in [2.45, 2.75) is 31.7 Å². The average Bonchev–Trinajstić information content (AvgIpc) is 3.39. The summed E-state index contributed by atoms with van der Waals surface area (Å²) < 4.78 is 8.03. The third-order valence-corrected chi connectivity index (χ3v) is 5.44. The van der Waals surface area contributed by atoms with Gasteiger partial charge in [0.25, 0.3) is 0 Å². The number of likely N-dealkylation sites (tertiary alicyclic amines) is 1. The molecule has 0 spiro atoms. The molecule has 0 bridgehead atoms. The zero-order valence-corrected chi connectivity index (χ0v) is 15.8. The summed E-state index contributed by atoms with van der Waals surface area (Å²) in [5.74, 6) is 1.37. The lowest BCUT2D eigenvalue weighted by molar-refractivity contribution is -0.132. The second-order valence-corrected chi connectivity index (χ2v) is 7.25. The Morgan fingerprint density at radius 1 is 1.15 bits per heavy atom. The fraction of sp³-hybridized carbons (Fsp3) is 0.333. The molecule has 0 radical (unpaired) electrons. The van der Waals surface area contributed by atoms with E-state index in [9.17, 15) is 4.79 Å². The molecule has 6 heteroatoms. The van der Waals surface area contributed by atoms with E-state index in [1.165, 1.54) is 0 Å². The van der Waals surface area contributed by atoms with Crippen LogP contribution in [0.2, 0.25) is 5.02 Å². The fourth-order valence-corrected chi connectivity index (χ4v) is 3.82. The Balaban J connectivity index is 1.29. The van der Waals surface area contributed by atoms with Gasteiger partial charge in [0.2, 0.25) is 5.91 Å². The van der Waals surface area contributed by atoms with Crippen molar-refractivity contribution in [3.05, 3.63) is 65.9 Å². The summed E-state index contributed by atoms with van der Waals surface area (Å²) in [6.45, 7) is 1.61. The molecule has 3 aromatic rings. The SMILES string of the molecule is O=C(CCc1ncc(-c2ccccc2Cl)o1)N1CCC(n2cccc2)CC1. The summed E-state index contributed by atoms with van der Waals surface area (Å²) in [4.78, 5) is 18.8. The summed E-state index contributed by atoms with van der Waals surface area (Å²) in [6.07, 6.45) is 8.77. The number of piperidine rings is 1. The van der Waals surface area contributed by atoms with E-state index in [2.05, 4.69) is 21.9 Å². The monoisotopic (exact) mass is 383 g/mol. The lowest BCUT2D eigenvalue weighted by Crippen LogP contribution is -2.39. The predicted molar refractivity (Wildman–Crippen MR) is 105 cm³/mol. The van der Waals surface area contributed by atoms with E-state index in [1.807, 2.05) is 41.3 Å². The Hall–Kier alpha value is -2.53. The van der Waals surface area contributed by atoms with E-state index in [1.54, 1.807) is 6.20 Å². The lowest BCUT2D eigenvalue weighted by atomic mass is 10.0. The number of rotatable bonds is 5. The number of carbonyl (C=O) groups excluding carboxylic acids is 1. The van der Waals surface area contributed by atoms with Crippen LogP contribution >= 0.6 is 11.6 Å². The Morgan fingerprint density at radius 2 is 1.89 bits per heavy atom. The maximum Gasteiger partial charge on any atom is 0.223 e. The first kappa shape index (κ1) is 17.9. The first-order valence-corrected chi connectivity index (χ1v) is 9.68. The molecule has 2 aromatic heterocycles. The van der Waals surface area contributed by atoms with Crippen LogP contribution in [0.3, 0.4) is 0 Å². The van der Waals surface area contributed by atoms with Crippen LogP contribution in [0.15, 0.2) is 59.4 Å². The third kappa shape index (κ3) is 4.08. The van der Waals surface area contributed by atoms with E-state index >= 15 is 0 Å². The smallest absolute Gasteiger partial charge is 0.223 e. The van der Waals surface area contributed by atoms with Gasteiger partial charge in [-0.3, -0.25) is 4.79 Å². The standard InChI is InChI=1S/C21H22ClN3O2/c22-18-6-2-1-5-17(18)19-15-23-20(27-19)7-8-21(26)25-13-9-16(10-14-25)24-11-3-4-12-24/h1-6,11-12,15-16H,7-10,13-14H2. The van der Waals surface area contributed by atoms with Crippen molar-refractivity contribution in [2.75, 3.05) is 13.1 Å². The van der Waals surface area contributed by atoms with Gasteiger partial charge in [0.1, 0.15) is 0 Å². The van der Waals surface area contributed by atoms with Gasteiger partial charge in [-0.2, -0.15) is 0 Å².